The average Bonchev–Trinajstić information content (AvgIpc) is 3.73. The van der Waals surface area contributed by atoms with E-state index in [4.69, 9.17) is 15.0 Å². The number of rotatable bonds is 6. The van der Waals surface area contributed by atoms with E-state index >= 15 is 0 Å². The molecule has 0 radical (unpaired) electrons. The summed E-state index contributed by atoms with van der Waals surface area (Å²) in [5.41, 5.74) is 9.86. The summed E-state index contributed by atoms with van der Waals surface area (Å²) >= 11 is 1.86. The van der Waals surface area contributed by atoms with Gasteiger partial charge in [-0.05, 0) is 96.7 Å². The molecule has 0 spiro atoms. The van der Waals surface area contributed by atoms with Crippen LogP contribution in [0.2, 0.25) is 0 Å². The van der Waals surface area contributed by atoms with Gasteiger partial charge in [0.05, 0.1) is 0 Å². The molecule has 61 heavy (non-hydrogen) atoms. The maximum Gasteiger partial charge on any atom is 0.164 e. The zero-order valence-electron chi connectivity index (χ0n) is 33.0. The molecular weight excluding hydrogens is 759 g/mol. The van der Waals surface area contributed by atoms with Crippen LogP contribution in [0.3, 0.4) is 0 Å². The van der Waals surface area contributed by atoms with Crippen LogP contribution in [-0.4, -0.2) is 15.0 Å². The Morgan fingerprint density at radius 1 is 0.246 bits per heavy atom. The number of nitrogens with zero attached hydrogens (tertiary/aromatic N) is 3. The zero-order valence-corrected chi connectivity index (χ0v) is 33.8. The lowest BCUT2D eigenvalue weighted by Crippen LogP contribution is -2.01. The SMILES string of the molecule is c1ccc(-c2nc(-c3ccccc3)nc(-c3cc(-c4cccc(-c5cccc(-c6cccc7sc8ccccc8c67)c5)c4)cc4c5ccccc5c5ccccc5c34)n2)cc1. The summed E-state index contributed by atoms with van der Waals surface area (Å²) in [5, 5.41) is 9.70. The van der Waals surface area contributed by atoms with Crippen LogP contribution in [0, 0.1) is 0 Å². The lowest BCUT2D eigenvalue weighted by atomic mass is 9.88. The molecule has 12 aromatic rings. The van der Waals surface area contributed by atoms with E-state index in [1.165, 1.54) is 58.4 Å². The normalized spacial score (nSPS) is 11.6. The first kappa shape index (κ1) is 35.2. The van der Waals surface area contributed by atoms with Crippen LogP contribution in [-0.2, 0) is 0 Å². The van der Waals surface area contributed by atoms with Crippen LogP contribution in [0.1, 0.15) is 0 Å². The Balaban J connectivity index is 1.08. The predicted octanol–water partition coefficient (Wildman–Crippen LogP) is 15.7. The molecule has 4 heteroatoms. The van der Waals surface area contributed by atoms with Gasteiger partial charge in [0.25, 0.3) is 0 Å². The van der Waals surface area contributed by atoms with Gasteiger partial charge in [-0.1, -0.05) is 176 Å². The number of hydrogen-bond acceptors (Lipinski definition) is 4. The molecule has 0 N–H and O–H groups in total. The van der Waals surface area contributed by atoms with Crippen molar-refractivity contribution in [3.8, 4) is 67.5 Å². The van der Waals surface area contributed by atoms with E-state index in [-0.39, 0.29) is 0 Å². The third kappa shape index (κ3) is 6.07. The molecule has 0 saturated carbocycles. The Hall–Kier alpha value is -7.79. The molecule has 0 aliphatic rings. The van der Waals surface area contributed by atoms with E-state index in [2.05, 4.69) is 176 Å². The van der Waals surface area contributed by atoms with Crippen molar-refractivity contribution in [2.45, 2.75) is 0 Å². The summed E-state index contributed by atoms with van der Waals surface area (Å²) in [4.78, 5) is 15.6. The Morgan fingerprint density at radius 3 is 1.38 bits per heavy atom. The third-order valence-electron chi connectivity index (χ3n) is 11.9. The molecule has 0 atom stereocenters. The number of fused-ring (bicyclic) bond motifs is 9. The quantitative estimate of drug-likeness (QED) is 0.157. The second kappa shape index (κ2) is 14.5. The molecule has 3 nitrogen and oxygen atoms in total. The first-order valence-electron chi connectivity index (χ1n) is 20.6. The monoisotopic (exact) mass is 793 g/mol. The minimum atomic E-state index is 0.638. The van der Waals surface area contributed by atoms with Crippen molar-refractivity contribution in [1.82, 2.24) is 15.0 Å². The van der Waals surface area contributed by atoms with Crippen LogP contribution in [0.5, 0.6) is 0 Å². The van der Waals surface area contributed by atoms with Gasteiger partial charge in [0.1, 0.15) is 0 Å². The molecule has 0 unspecified atom stereocenters. The molecule has 10 aromatic carbocycles. The third-order valence-corrected chi connectivity index (χ3v) is 13.0. The highest BCUT2D eigenvalue weighted by atomic mass is 32.1. The maximum atomic E-state index is 5.29. The highest BCUT2D eigenvalue weighted by Gasteiger charge is 2.20. The van der Waals surface area contributed by atoms with E-state index in [1.54, 1.807) is 0 Å². The minimum absolute atomic E-state index is 0.638. The molecule has 0 aliphatic heterocycles. The average molecular weight is 794 g/mol. The Kier molecular flexibility index (Phi) is 8.36. The van der Waals surface area contributed by atoms with Crippen LogP contribution in [0.4, 0.5) is 0 Å². The van der Waals surface area contributed by atoms with Crippen LogP contribution < -0.4 is 0 Å². The summed E-state index contributed by atoms with van der Waals surface area (Å²) < 4.78 is 2.62. The van der Waals surface area contributed by atoms with Crippen LogP contribution in [0.25, 0.3) is 120 Å². The molecular formula is C57H35N3S. The van der Waals surface area contributed by atoms with Gasteiger partial charge in [-0.2, -0.15) is 0 Å². The van der Waals surface area contributed by atoms with Gasteiger partial charge in [-0.15, -0.1) is 11.3 Å². The van der Waals surface area contributed by atoms with Gasteiger partial charge in [0.2, 0.25) is 0 Å². The first-order valence-corrected chi connectivity index (χ1v) is 21.4. The Morgan fingerprint density at radius 2 is 0.705 bits per heavy atom. The zero-order chi connectivity index (χ0) is 40.3. The number of hydrogen-bond donors (Lipinski definition) is 0. The number of thiophene rings is 1. The first-order chi connectivity index (χ1) is 30.2. The van der Waals surface area contributed by atoms with Gasteiger partial charge < -0.3 is 0 Å². The van der Waals surface area contributed by atoms with Crippen molar-refractivity contribution in [1.29, 1.82) is 0 Å². The summed E-state index contributed by atoms with van der Waals surface area (Å²) in [7, 11) is 0. The van der Waals surface area contributed by atoms with Crippen molar-refractivity contribution in [2.24, 2.45) is 0 Å². The summed E-state index contributed by atoms with van der Waals surface area (Å²) in [6.45, 7) is 0. The lowest BCUT2D eigenvalue weighted by molar-refractivity contribution is 1.08. The molecule has 2 heterocycles. The second-order valence-electron chi connectivity index (χ2n) is 15.5. The summed E-state index contributed by atoms with van der Waals surface area (Å²) in [6, 6.07) is 75.9. The summed E-state index contributed by atoms with van der Waals surface area (Å²) in [6.07, 6.45) is 0. The molecule has 2 aromatic heterocycles. The fourth-order valence-electron chi connectivity index (χ4n) is 9.07. The molecule has 0 saturated heterocycles. The number of aromatic nitrogens is 3. The second-order valence-corrected chi connectivity index (χ2v) is 16.6. The molecule has 0 fully saturated rings. The predicted molar refractivity (Wildman–Crippen MR) is 258 cm³/mol. The smallest absolute Gasteiger partial charge is 0.164 e. The Labute approximate surface area is 356 Å². The van der Waals surface area contributed by atoms with Crippen molar-refractivity contribution in [2.75, 3.05) is 0 Å². The minimum Gasteiger partial charge on any atom is -0.208 e. The van der Waals surface area contributed by atoms with Gasteiger partial charge in [0, 0.05) is 42.2 Å². The van der Waals surface area contributed by atoms with E-state index in [1.807, 2.05) is 47.7 Å². The van der Waals surface area contributed by atoms with Crippen molar-refractivity contribution in [3.05, 3.63) is 212 Å². The van der Waals surface area contributed by atoms with Crippen LogP contribution >= 0.6 is 11.3 Å². The van der Waals surface area contributed by atoms with E-state index in [9.17, 15) is 0 Å². The highest BCUT2D eigenvalue weighted by molar-refractivity contribution is 7.25. The molecule has 0 amide bonds. The molecule has 0 aliphatic carbocycles. The molecule has 12 rings (SSSR count). The van der Waals surface area contributed by atoms with Gasteiger partial charge in [-0.3, -0.25) is 0 Å². The highest BCUT2D eigenvalue weighted by Crippen LogP contribution is 2.44. The van der Waals surface area contributed by atoms with Gasteiger partial charge >= 0.3 is 0 Å². The van der Waals surface area contributed by atoms with Gasteiger partial charge in [-0.25, -0.2) is 15.0 Å². The maximum absolute atomic E-state index is 5.29. The molecule has 284 valence electrons. The fraction of sp³-hybridized carbons (Fsp3) is 0. The number of benzene rings is 10. The summed E-state index contributed by atoms with van der Waals surface area (Å²) in [5.74, 6) is 1.92. The van der Waals surface area contributed by atoms with Gasteiger partial charge in [0.15, 0.2) is 17.5 Å². The van der Waals surface area contributed by atoms with Crippen molar-refractivity contribution >= 4 is 63.8 Å². The van der Waals surface area contributed by atoms with E-state index in [0.29, 0.717) is 17.5 Å². The van der Waals surface area contributed by atoms with E-state index in [0.717, 1.165) is 44.2 Å². The van der Waals surface area contributed by atoms with E-state index < -0.39 is 0 Å². The lowest BCUT2D eigenvalue weighted by Gasteiger charge is -2.17. The molecule has 0 bridgehead atoms. The van der Waals surface area contributed by atoms with Crippen molar-refractivity contribution < 1.29 is 0 Å². The standard InChI is InChI=1S/C57H35N3S/c1-3-16-36(17-4-1)55-58-56(37-18-5-2-6-19-37)60-57(59-55)50-35-42(34-49-46-26-8-7-24-44(46)45-25-9-10-27-47(45)53(49)50)40-22-13-20-38(32-40)39-21-14-23-41(33-39)43-29-15-31-52-54(43)48-28-11-12-30-51(48)61-52/h1-35H. The largest absolute Gasteiger partial charge is 0.208 e. The topological polar surface area (TPSA) is 38.7 Å². The van der Waals surface area contributed by atoms with Crippen LogP contribution in [0.15, 0.2) is 212 Å². The van der Waals surface area contributed by atoms with Crippen molar-refractivity contribution in [3.63, 3.8) is 0 Å². The Bertz CT molecular complexity index is 3590. The fourth-order valence-corrected chi connectivity index (χ4v) is 10.2.